The van der Waals surface area contributed by atoms with Crippen LogP contribution in [0.2, 0.25) is 0 Å². The van der Waals surface area contributed by atoms with E-state index in [1.807, 2.05) is 6.92 Å². The van der Waals surface area contributed by atoms with Gasteiger partial charge in [-0.25, -0.2) is 4.79 Å². The minimum atomic E-state index is -0.459. The van der Waals surface area contributed by atoms with Crippen molar-refractivity contribution in [1.29, 1.82) is 0 Å². The number of amides is 1. The molecule has 1 aromatic heterocycles. The van der Waals surface area contributed by atoms with Gasteiger partial charge < -0.3 is 9.64 Å². The molecular weight excluding hydrogens is 244 g/mol. The highest BCUT2D eigenvalue weighted by atomic mass is 16.5. The molecule has 2 rings (SSSR count). The molecule has 0 aliphatic carbocycles. The van der Waals surface area contributed by atoms with Gasteiger partial charge in [0.1, 0.15) is 6.04 Å². The van der Waals surface area contributed by atoms with Crippen LogP contribution in [0.15, 0.2) is 18.3 Å². The summed E-state index contributed by atoms with van der Waals surface area (Å²) in [6.45, 7) is 2.44. The summed E-state index contributed by atoms with van der Waals surface area (Å²) < 4.78 is 4.78. The molecule has 0 aromatic carbocycles. The second-order valence-electron chi connectivity index (χ2n) is 4.72. The number of carbonyl (C=O) groups is 2. The Kier molecular flexibility index (Phi) is 4.14. The first kappa shape index (κ1) is 13.5. The van der Waals surface area contributed by atoms with Crippen LogP contribution in [0.1, 0.15) is 35.3 Å². The standard InChI is InChI=1S/C14H18N2O3/c1-10-9-11(6-7-15-10)13(17)16-8-4-3-5-12(16)14(18)19-2/h6-7,9,12H,3-5,8H2,1-2H3/t12-/m1/s1. The highest BCUT2D eigenvalue weighted by molar-refractivity contribution is 5.96. The first-order valence-corrected chi connectivity index (χ1v) is 6.45. The number of hydrogen-bond donors (Lipinski definition) is 0. The minimum Gasteiger partial charge on any atom is -0.467 e. The van der Waals surface area contributed by atoms with Crippen LogP contribution in [-0.2, 0) is 9.53 Å². The normalized spacial score (nSPS) is 19.1. The van der Waals surface area contributed by atoms with E-state index in [9.17, 15) is 9.59 Å². The number of esters is 1. The molecular formula is C14H18N2O3. The van der Waals surface area contributed by atoms with Crippen molar-refractivity contribution >= 4 is 11.9 Å². The molecule has 0 bridgehead atoms. The molecule has 0 N–H and O–H groups in total. The minimum absolute atomic E-state index is 0.124. The fourth-order valence-corrected chi connectivity index (χ4v) is 2.40. The van der Waals surface area contributed by atoms with Crippen molar-refractivity contribution < 1.29 is 14.3 Å². The van der Waals surface area contributed by atoms with E-state index in [-0.39, 0.29) is 11.9 Å². The van der Waals surface area contributed by atoms with E-state index in [4.69, 9.17) is 4.74 Å². The number of ether oxygens (including phenoxy) is 1. The van der Waals surface area contributed by atoms with Gasteiger partial charge in [-0.2, -0.15) is 0 Å². The van der Waals surface area contributed by atoms with E-state index in [1.165, 1.54) is 7.11 Å². The molecule has 1 saturated heterocycles. The summed E-state index contributed by atoms with van der Waals surface area (Å²) in [6, 6.07) is 2.96. The van der Waals surface area contributed by atoms with Crippen molar-refractivity contribution in [3.05, 3.63) is 29.6 Å². The molecule has 1 aliphatic heterocycles. The summed E-state index contributed by atoms with van der Waals surface area (Å²) in [4.78, 5) is 29.9. The maximum atomic E-state index is 12.5. The third-order valence-corrected chi connectivity index (χ3v) is 3.38. The number of aryl methyl sites for hydroxylation is 1. The lowest BCUT2D eigenvalue weighted by Gasteiger charge is -2.33. The molecule has 2 heterocycles. The zero-order valence-corrected chi connectivity index (χ0v) is 11.3. The van der Waals surface area contributed by atoms with Gasteiger partial charge in [0.2, 0.25) is 0 Å². The smallest absolute Gasteiger partial charge is 0.328 e. The number of hydrogen-bond acceptors (Lipinski definition) is 4. The number of pyridine rings is 1. The lowest BCUT2D eigenvalue weighted by atomic mass is 10.0. The average Bonchev–Trinajstić information content (AvgIpc) is 2.45. The Hall–Kier alpha value is -1.91. The molecule has 1 aliphatic rings. The molecule has 1 fully saturated rings. The molecule has 0 radical (unpaired) electrons. The Labute approximate surface area is 112 Å². The van der Waals surface area contributed by atoms with Crippen LogP contribution in [0.5, 0.6) is 0 Å². The molecule has 0 spiro atoms. The SMILES string of the molecule is COC(=O)[C@H]1CCCCN1C(=O)c1ccnc(C)c1. The first-order valence-electron chi connectivity index (χ1n) is 6.45. The first-order chi connectivity index (χ1) is 9.13. The van der Waals surface area contributed by atoms with Gasteiger partial charge in [0.25, 0.3) is 5.91 Å². The van der Waals surface area contributed by atoms with Crippen LogP contribution < -0.4 is 0 Å². The largest absolute Gasteiger partial charge is 0.467 e. The molecule has 5 nitrogen and oxygen atoms in total. The van der Waals surface area contributed by atoms with E-state index in [0.717, 1.165) is 18.5 Å². The van der Waals surface area contributed by atoms with Crippen molar-refractivity contribution in [3.63, 3.8) is 0 Å². The summed E-state index contributed by atoms with van der Waals surface area (Å²) in [6.07, 6.45) is 4.14. The summed E-state index contributed by atoms with van der Waals surface area (Å²) in [7, 11) is 1.36. The zero-order chi connectivity index (χ0) is 13.8. The Morgan fingerprint density at radius 2 is 2.21 bits per heavy atom. The number of aromatic nitrogens is 1. The molecule has 0 unspecified atom stereocenters. The Morgan fingerprint density at radius 1 is 1.42 bits per heavy atom. The summed E-state index contributed by atoms with van der Waals surface area (Å²) in [5, 5.41) is 0. The Morgan fingerprint density at radius 3 is 2.89 bits per heavy atom. The number of rotatable bonds is 2. The van der Waals surface area contributed by atoms with Crippen LogP contribution in [0.25, 0.3) is 0 Å². The second kappa shape index (κ2) is 5.82. The van der Waals surface area contributed by atoms with Gasteiger partial charge in [-0.3, -0.25) is 9.78 Å². The monoisotopic (exact) mass is 262 g/mol. The van der Waals surface area contributed by atoms with Gasteiger partial charge in [-0.1, -0.05) is 0 Å². The number of methoxy groups -OCH3 is 1. The molecule has 102 valence electrons. The van der Waals surface area contributed by atoms with Crippen molar-refractivity contribution in [3.8, 4) is 0 Å². The molecule has 1 aromatic rings. The van der Waals surface area contributed by atoms with Crippen LogP contribution in [0, 0.1) is 6.92 Å². The molecule has 19 heavy (non-hydrogen) atoms. The highest BCUT2D eigenvalue weighted by Gasteiger charge is 2.33. The summed E-state index contributed by atoms with van der Waals surface area (Å²) in [5.41, 5.74) is 1.36. The predicted molar refractivity (Wildman–Crippen MR) is 69.7 cm³/mol. The number of nitrogens with zero attached hydrogens (tertiary/aromatic N) is 2. The van der Waals surface area contributed by atoms with Gasteiger partial charge >= 0.3 is 5.97 Å². The molecule has 1 amide bonds. The Balaban J connectivity index is 2.22. The van der Waals surface area contributed by atoms with E-state index < -0.39 is 6.04 Å². The van der Waals surface area contributed by atoms with Crippen LogP contribution >= 0.6 is 0 Å². The number of carbonyl (C=O) groups excluding carboxylic acids is 2. The van der Waals surface area contributed by atoms with E-state index in [0.29, 0.717) is 18.5 Å². The Bertz CT molecular complexity index is 487. The van der Waals surface area contributed by atoms with E-state index >= 15 is 0 Å². The van der Waals surface area contributed by atoms with E-state index in [2.05, 4.69) is 4.98 Å². The van der Waals surface area contributed by atoms with Crippen molar-refractivity contribution in [2.45, 2.75) is 32.2 Å². The molecule has 0 saturated carbocycles. The van der Waals surface area contributed by atoms with Crippen LogP contribution in [-0.4, -0.2) is 41.5 Å². The lowest BCUT2D eigenvalue weighted by molar-refractivity contribution is -0.147. The van der Waals surface area contributed by atoms with Gasteiger partial charge in [0.05, 0.1) is 7.11 Å². The number of likely N-dealkylation sites (tertiary alicyclic amines) is 1. The van der Waals surface area contributed by atoms with E-state index in [1.54, 1.807) is 23.2 Å². The fraction of sp³-hybridized carbons (Fsp3) is 0.500. The van der Waals surface area contributed by atoms with Gasteiger partial charge in [0.15, 0.2) is 0 Å². The maximum Gasteiger partial charge on any atom is 0.328 e. The van der Waals surface area contributed by atoms with Crippen LogP contribution in [0.4, 0.5) is 0 Å². The van der Waals surface area contributed by atoms with Crippen molar-refractivity contribution in [2.75, 3.05) is 13.7 Å². The lowest BCUT2D eigenvalue weighted by Crippen LogP contribution is -2.48. The van der Waals surface area contributed by atoms with Crippen molar-refractivity contribution in [2.24, 2.45) is 0 Å². The van der Waals surface area contributed by atoms with Crippen LogP contribution in [0.3, 0.4) is 0 Å². The highest BCUT2D eigenvalue weighted by Crippen LogP contribution is 2.20. The predicted octanol–water partition coefficient (Wildman–Crippen LogP) is 1.56. The second-order valence-corrected chi connectivity index (χ2v) is 4.72. The van der Waals surface area contributed by atoms with Crippen molar-refractivity contribution in [1.82, 2.24) is 9.88 Å². The molecule has 1 atom stereocenters. The zero-order valence-electron chi connectivity index (χ0n) is 11.3. The topological polar surface area (TPSA) is 59.5 Å². The fourth-order valence-electron chi connectivity index (χ4n) is 2.40. The molecule has 5 heteroatoms. The maximum absolute atomic E-state index is 12.5. The average molecular weight is 262 g/mol. The summed E-state index contributed by atoms with van der Waals surface area (Å²) in [5.74, 6) is -0.459. The third kappa shape index (κ3) is 2.92. The third-order valence-electron chi connectivity index (χ3n) is 3.38. The van der Waals surface area contributed by atoms with Gasteiger partial charge in [0, 0.05) is 24.0 Å². The number of piperidine rings is 1. The summed E-state index contributed by atoms with van der Waals surface area (Å²) >= 11 is 0. The van der Waals surface area contributed by atoms with Gasteiger partial charge in [-0.05, 0) is 38.3 Å². The quantitative estimate of drug-likeness (QED) is 0.759. The van der Waals surface area contributed by atoms with Gasteiger partial charge in [-0.15, -0.1) is 0 Å².